The molecule has 0 aliphatic carbocycles. The maximum absolute atomic E-state index is 14.0. The zero-order chi connectivity index (χ0) is 22.6. The number of halogens is 1. The molecule has 0 fully saturated rings. The highest BCUT2D eigenvalue weighted by atomic mass is 32.2. The standard InChI is InChI=1S/C19H24FN5O4S/c1-10(2)15-6-13(20)7-16(11(3)4)17(15)24-18(27)25-30(28,29)19-21-8-14(9-22-19)23-12(5)26/h6-11H,1-5H3,(H,23,26)(H2,24,25,27). The van der Waals surface area contributed by atoms with Crippen LogP contribution in [0, 0.1) is 5.82 Å². The molecule has 1 aromatic heterocycles. The van der Waals surface area contributed by atoms with Gasteiger partial charge < -0.3 is 10.6 Å². The van der Waals surface area contributed by atoms with E-state index >= 15 is 0 Å². The van der Waals surface area contributed by atoms with Crippen LogP contribution >= 0.6 is 0 Å². The molecule has 2 rings (SSSR count). The number of carbonyl (C=O) groups is 2. The number of urea groups is 1. The Kier molecular flexibility index (Phi) is 7.08. The zero-order valence-corrected chi connectivity index (χ0v) is 18.1. The van der Waals surface area contributed by atoms with Crippen LogP contribution in [0.25, 0.3) is 0 Å². The summed E-state index contributed by atoms with van der Waals surface area (Å²) in [5, 5.41) is 4.29. The van der Waals surface area contributed by atoms with Crippen molar-refractivity contribution < 1.29 is 22.4 Å². The summed E-state index contributed by atoms with van der Waals surface area (Å²) in [7, 11) is -4.37. The highest BCUT2D eigenvalue weighted by molar-refractivity contribution is 7.89. The quantitative estimate of drug-likeness (QED) is 0.594. The van der Waals surface area contributed by atoms with E-state index in [2.05, 4.69) is 20.6 Å². The minimum absolute atomic E-state index is 0.116. The Hall–Kier alpha value is -3.08. The molecular weight excluding hydrogens is 413 g/mol. The van der Waals surface area contributed by atoms with E-state index < -0.39 is 27.0 Å². The first kappa shape index (κ1) is 23.2. The lowest BCUT2D eigenvalue weighted by atomic mass is 9.92. The van der Waals surface area contributed by atoms with Gasteiger partial charge in [-0.2, -0.15) is 8.42 Å². The number of anilines is 2. The highest BCUT2D eigenvalue weighted by Crippen LogP contribution is 2.33. The lowest BCUT2D eigenvalue weighted by Gasteiger charge is -2.20. The van der Waals surface area contributed by atoms with Gasteiger partial charge in [-0.25, -0.2) is 23.9 Å². The largest absolute Gasteiger partial charge is 0.333 e. The van der Waals surface area contributed by atoms with Crippen molar-refractivity contribution in [2.24, 2.45) is 0 Å². The van der Waals surface area contributed by atoms with Crippen LogP contribution in [0.4, 0.5) is 20.6 Å². The summed E-state index contributed by atoms with van der Waals surface area (Å²) in [5.41, 5.74) is 1.65. The van der Waals surface area contributed by atoms with Crippen molar-refractivity contribution in [3.8, 4) is 0 Å². The van der Waals surface area contributed by atoms with E-state index in [1.54, 1.807) is 0 Å². The number of nitrogens with one attached hydrogen (secondary N) is 3. The highest BCUT2D eigenvalue weighted by Gasteiger charge is 2.23. The molecule has 162 valence electrons. The lowest BCUT2D eigenvalue weighted by Crippen LogP contribution is -2.36. The third kappa shape index (κ3) is 5.72. The second kappa shape index (κ2) is 9.16. The smallest absolute Gasteiger partial charge is 0.324 e. The minimum Gasteiger partial charge on any atom is -0.324 e. The summed E-state index contributed by atoms with van der Waals surface area (Å²) in [6.07, 6.45) is 2.21. The average molecular weight is 437 g/mol. The molecule has 2 aromatic rings. The van der Waals surface area contributed by atoms with Crippen LogP contribution in [0.5, 0.6) is 0 Å². The van der Waals surface area contributed by atoms with Gasteiger partial charge in [-0.05, 0) is 35.1 Å². The lowest BCUT2D eigenvalue weighted by molar-refractivity contribution is -0.114. The number of hydrogen-bond acceptors (Lipinski definition) is 6. The first-order valence-corrected chi connectivity index (χ1v) is 10.7. The van der Waals surface area contributed by atoms with E-state index in [1.807, 2.05) is 32.4 Å². The van der Waals surface area contributed by atoms with E-state index in [-0.39, 0.29) is 23.4 Å². The topological polar surface area (TPSA) is 130 Å². The SMILES string of the molecule is CC(=O)Nc1cnc(S(=O)(=O)NC(=O)Nc2c(C(C)C)cc(F)cc2C(C)C)nc1. The predicted molar refractivity (Wildman–Crippen MR) is 110 cm³/mol. The molecule has 0 spiro atoms. The molecule has 9 nitrogen and oxygen atoms in total. The van der Waals surface area contributed by atoms with Gasteiger partial charge in [-0.15, -0.1) is 0 Å². The Morgan fingerprint density at radius 1 is 0.967 bits per heavy atom. The van der Waals surface area contributed by atoms with Gasteiger partial charge in [0.05, 0.1) is 18.1 Å². The molecule has 0 bridgehead atoms. The molecule has 11 heteroatoms. The number of aromatic nitrogens is 2. The van der Waals surface area contributed by atoms with Crippen molar-refractivity contribution in [1.82, 2.24) is 14.7 Å². The third-order valence-electron chi connectivity index (χ3n) is 4.06. The van der Waals surface area contributed by atoms with Crippen LogP contribution in [-0.4, -0.2) is 30.3 Å². The van der Waals surface area contributed by atoms with E-state index in [0.717, 1.165) is 12.4 Å². The number of hydrogen-bond donors (Lipinski definition) is 3. The molecule has 1 aromatic carbocycles. The normalized spacial score (nSPS) is 11.5. The molecule has 3 N–H and O–H groups in total. The van der Waals surface area contributed by atoms with Gasteiger partial charge in [-0.3, -0.25) is 4.79 Å². The van der Waals surface area contributed by atoms with Gasteiger partial charge in [0.15, 0.2) is 0 Å². The van der Waals surface area contributed by atoms with Crippen molar-refractivity contribution in [2.75, 3.05) is 10.6 Å². The van der Waals surface area contributed by atoms with Gasteiger partial charge >= 0.3 is 16.1 Å². The van der Waals surface area contributed by atoms with E-state index in [1.165, 1.54) is 19.1 Å². The number of nitrogens with zero attached hydrogens (tertiary/aromatic N) is 2. The van der Waals surface area contributed by atoms with Crippen LogP contribution < -0.4 is 15.4 Å². The number of sulfonamides is 1. The molecule has 0 saturated heterocycles. The summed E-state index contributed by atoms with van der Waals surface area (Å²) in [6, 6.07) is 1.59. The van der Waals surface area contributed by atoms with Crippen molar-refractivity contribution in [2.45, 2.75) is 51.6 Å². The average Bonchev–Trinajstić information content (AvgIpc) is 2.61. The fraction of sp³-hybridized carbons (Fsp3) is 0.368. The molecule has 0 aliphatic rings. The molecular formula is C19H24FN5O4S. The third-order valence-corrected chi connectivity index (χ3v) is 5.21. The van der Waals surface area contributed by atoms with Crippen molar-refractivity contribution in [3.05, 3.63) is 41.5 Å². The number of rotatable bonds is 6. The molecule has 1 heterocycles. The van der Waals surface area contributed by atoms with Crippen LogP contribution in [-0.2, 0) is 14.8 Å². The Bertz CT molecular complexity index is 1020. The first-order valence-electron chi connectivity index (χ1n) is 9.17. The molecule has 30 heavy (non-hydrogen) atoms. The Morgan fingerprint density at radius 2 is 1.47 bits per heavy atom. The Balaban J connectivity index is 2.27. The predicted octanol–water partition coefficient (Wildman–Crippen LogP) is 3.33. The first-order chi connectivity index (χ1) is 13.9. The Morgan fingerprint density at radius 3 is 1.90 bits per heavy atom. The van der Waals surface area contributed by atoms with Crippen molar-refractivity contribution in [3.63, 3.8) is 0 Å². The van der Waals surface area contributed by atoms with Crippen molar-refractivity contribution in [1.29, 1.82) is 0 Å². The molecule has 3 amide bonds. The van der Waals surface area contributed by atoms with E-state index in [4.69, 9.17) is 0 Å². The molecule has 0 unspecified atom stereocenters. The maximum atomic E-state index is 14.0. The van der Waals surface area contributed by atoms with Gasteiger partial charge in [0.2, 0.25) is 5.91 Å². The molecule has 0 atom stereocenters. The Labute approximate surface area is 174 Å². The van der Waals surface area contributed by atoms with Gasteiger partial charge in [0, 0.05) is 12.6 Å². The summed E-state index contributed by atoms with van der Waals surface area (Å²) in [5.74, 6) is -1.04. The van der Waals surface area contributed by atoms with E-state index in [0.29, 0.717) is 16.8 Å². The summed E-state index contributed by atoms with van der Waals surface area (Å²) in [6.45, 7) is 8.63. The number of carbonyl (C=O) groups excluding carboxylic acids is 2. The van der Waals surface area contributed by atoms with Crippen LogP contribution in [0.1, 0.15) is 57.6 Å². The number of amides is 3. The molecule has 0 saturated carbocycles. The maximum Gasteiger partial charge on any atom is 0.333 e. The van der Waals surface area contributed by atoms with Gasteiger partial charge in [-0.1, -0.05) is 27.7 Å². The van der Waals surface area contributed by atoms with E-state index in [9.17, 15) is 22.4 Å². The monoisotopic (exact) mass is 437 g/mol. The van der Waals surface area contributed by atoms with Crippen LogP contribution in [0.2, 0.25) is 0 Å². The number of benzene rings is 1. The summed E-state index contributed by atoms with van der Waals surface area (Å²) in [4.78, 5) is 30.8. The second-order valence-electron chi connectivity index (χ2n) is 7.26. The van der Waals surface area contributed by atoms with Gasteiger partial charge in [0.25, 0.3) is 5.16 Å². The second-order valence-corrected chi connectivity index (χ2v) is 8.84. The van der Waals surface area contributed by atoms with Crippen LogP contribution in [0.3, 0.4) is 0 Å². The minimum atomic E-state index is -4.37. The van der Waals surface area contributed by atoms with Crippen molar-refractivity contribution >= 4 is 33.3 Å². The molecule has 0 aliphatic heterocycles. The zero-order valence-electron chi connectivity index (χ0n) is 17.3. The van der Waals surface area contributed by atoms with Gasteiger partial charge in [0.1, 0.15) is 5.82 Å². The summed E-state index contributed by atoms with van der Waals surface area (Å²) >= 11 is 0. The fourth-order valence-electron chi connectivity index (χ4n) is 2.73. The molecule has 0 radical (unpaired) electrons. The van der Waals surface area contributed by atoms with Crippen LogP contribution in [0.15, 0.2) is 29.7 Å². The fourth-order valence-corrected chi connectivity index (χ4v) is 3.50. The summed E-state index contributed by atoms with van der Waals surface area (Å²) < 4.78 is 40.7.